The summed E-state index contributed by atoms with van der Waals surface area (Å²) in [6.07, 6.45) is 0. The number of non-ortho nitro benzene ring substituents is 1. The maximum atomic E-state index is 10.0. The molecular formula is C15H17NO2. The maximum Gasteiger partial charge on any atom is 0.269 e. The van der Waals surface area contributed by atoms with Crippen LogP contribution in [0.5, 0.6) is 0 Å². The van der Waals surface area contributed by atoms with Gasteiger partial charge in [-0.1, -0.05) is 62.4 Å². The van der Waals surface area contributed by atoms with Gasteiger partial charge in [0, 0.05) is 12.1 Å². The van der Waals surface area contributed by atoms with E-state index in [1.165, 1.54) is 17.7 Å². The molecule has 0 unspecified atom stereocenters. The zero-order chi connectivity index (χ0) is 13.4. The summed E-state index contributed by atoms with van der Waals surface area (Å²) in [5.74, 6) is 0.659. The molecule has 0 N–H and O–H groups in total. The average molecular weight is 243 g/mol. The van der Waals surface area contributed by atoms with Crippen LogP contribution in [0.3, 0.4) is 0 Å². The molecule has 0 amide bonds. The van der Waals surface area contributed by atoms with E-state index in [-0.39, 0.29) is 5.69 Å². The third kappa shape index (κ3) is 4.78. The lowest BCUT2D eigenvalue weighted by atomic mass is 10.0. The standard InChI is InChI=1S/C9H12.C6H5NO2/c1-8(2)9-6-4-3-5-7-9;8-7(9)6-4-2-1-3-5-6/h3-8H,1-2H3;1-5H. The fraction of sp³-hybridized carbons (Fsp3) is 0.200. The van der Waals surface area contributed by atoms with Gasteiger partial charge in [0.25, 0.3) is 5.69 Å². The Morgan fingerprint density at radius 2 is 1.33 bits per heavy atom. The normalized spacial score (nSPS) is 9.50. The summed E-state index contributed by atoms with van der Waals surface area (Å²) in [5.41, 5.74) is 1.55. The minimum atomic E-state index is -0.417. The molecular weight excluding hydrogens is 226 g/mol. The highest BCUT2D eigenvalue weighted by Gasteiger charge is 1.98. The summed E-state index contributed by atoms with van der Waals surface area (Å²) < 4.78 is 0. The van der Waals surface area contributed by atoms with Crippen molar-refractivity contribution in [2.45, 2.75) is 19.8 Å². The molecule has 18 heavy (non-hydrogen) atoms. The third-order valence-corrected chi connectivity index (χ3v) is 2.43. The Labute approximate surface area is 107 Å². The van der Waals surface area contributed by atoms with Crippen molar-refractivity contribution in [1.82, 2.24) is 0 Å². The molecule has 0 radical (unpaired) electrons. The van der Waals surface area contributed by atoms with Crippen molar-refractivity contribution in [3.63, 3.8) is 0 Å². The molecule has 0 heterocycles. The second-order valence-electron chi connectivity index (χ2n) is 4.16. The average Bonchev–Trinajstić information content (AvgIpc) is 2.41. The van der Waals surface area contributed by atoms with Crippen LogP contribution in [0.1, 0.15) is 25.3 Å². The Hall–Kier alpha value is -2.16. The number of benzene rings is 2. The molecule has 0 aromatic heterocycles. The summed E-state index contributed by atoms with van der Waals surface area (Å²) in [6.45, 7) is 4.41. The van der Waals surface area contributed by atoms with Gasteiger partial charge in [-0.25, -0.2) is 0 Å². The van der Waals surface area contributed by atoms with Gasteiger partial charge in [-0.05, 0) is 11.5 Å². The summed E-state index contributed by atoms with van der Waals surface area (Å²) in [6, 6.07) is 18.5. The van der Waals surface area contributed by atoms with Crippen LogP contribution in [0.2, 0.25) is 0 Å². The van der Waals surface area contributed by atoms with Crippen molar-refractivity contribution >= 4 is 5.69 Å². The fourth-order valence-corrected chi connectivity index (χ4v) is 1.39. The highest BCUT2D eigenvalue weighted by molar-refractivity contribution is 5.28. The minimum Gasteiger partial charge on any atom is -0.258 e. The number of hydrogen-bond donors (Lipinski definition) is 0. The van der Waals surface area contributed by atoms with Gasteiger partial charge in [0.15, 0.2) is 0 Å². The predicted octanol–water partition coefficient (Wildman–Crippen LogP) is 4.40. The van der Waals surface area contributed by atoms with Crippen molar-refractivity contribution < 1.29 is 4.92 Å². The fourth-order valence-electron chi connectivity index (χ4n) is 1.39. The second kappa shape index (κ2) is 7.22. The maximum absolute atomic E-state index is 10.0. The van der Waals surface area contributed by atoms with Crippen molar-refractivity contribution in [2.24, 2.45) is 0 Å². The Morgan fingerprint density at radius 3 is 1.61 bits per heavy atom. The number of nitrogens with zero attached hydrogens (tertiary/aromatic N) is 1. The highest BCUT2D eigenvalue weighted by atomic mass is 16.6. The molecule has 0 spiro atoms. The van der Waals surface area contributed by atoms with E-state index in [0.717, 1.165) is 0 Å². The lowest BCUT2D eigenvalue weighted by molar-refractivity contribution is -0.384. The van der Waals surface area contributed by atoms with E-state index in [1.54, 1.807) is 18.2 Å². The number of rotatable bonds is 2. The SMILES string of the molecule is CC(C)c1ccccc1.O=[N+]([O-])c1ccccc1. The van der Waals surface area contributed by atoms with Gasteiger partial charge in [-0.15, -0.1) is 0 Å². The largest absolute Gasteiger partial charge is 0.269 e. The summed E-state index contributed by atoms with van der Waals surface area (Å²) >= 11 is 0. The predicted molar refractivity (Wildman–Crippen MR) is 73.6 cm³/mol. The van der Waals surface area contributed by atoms with Crippen LogP contribution in [0.25, 0.3) is 0 Å². The summed E-state index contributed by atoms with van der Waals surface area (Å²) in [7, 11) is 0. The van der Waals surface area contributed by atoms with Crippen molar-refractivity contribution in [3.05, 3.63) is 76.3 Å². The van der Waals surface area contributed by atoms with Crippen LogP contribution in [-0.4, -0.2) is 4.92 Å². The van der Waals surface area contributed by atoms with Gasteiger partial charge in [-0.3, -0.25) is 10.1 Å². The molecule has 0 aliphatic rings. The molecule has 2 aromatic rings. The minimum absolute atomic E-state index is 0.137. The Morgan fingerprint density at radius 1 is 0.889 bits per heavy atom. The first-order valence-corrected chi connectivity index (χ1v) is 5.85. The number of hydrogen-bond acceptors (Lipinski definition) is 2. The van der Waals surface area contributed by atoms with Crippen LogP contribution in [0.15, 0.2) is 60.7 Å². The second-order valence-corrected chi connectivity index (χ2v) is 4.16. The van der Waals surface area contributed by atoms with E-state index in [2.05, 4.69) is 38.1 Å². The van der Waals surface area contributed by atoms with E-state index in [1.807, 2.05) is 6.07 Å². The molecule has 0 fully saturated rings. The summed E-state index contributed by atoms with van der Waals surface area (Å²) in [4.78, 5) is 9.59. The molecule has 0 saturated heterocycles. The van der Waals surface area contributed by atoms with Gasteiger partial charge in [-0.2, -0.15) is 0 Å². The molecule has 0 aliphatic heterocycles. The number of nitro groups is 1. The molecule has 94 valence electrons. The first-order valence-electron chi connectivity index (χ1n) is 5.85. The van der Waals surface area contributed by atoms with Gasteiger partial charge < -0.3 is 0 Å². The quantitative estimate of drug-likeness (QED) is 0.579. The number of para-hydroxylation sites is 1. The smallest absolute Gasteiger partial charge is 0.258 e. The lowest BCUT2D eigenvalue weighted by Crippen LogP contribution is -1.84. The van der Waals surface area contributed by atoms with Crippen molar-refractivity contribution in [3.8, 4) is 0 Å². The van der Waals surface area contributed by atoms with Crippen LogP contribution < -0.4 is 0 Å². The monoisotopic (exact) mass is 243 g/mol. The van der Waals surface area contributed by atoms with E-state index in [0.29, 0.717) is 5.92 Å². The van der Waals surface area contributed by atoms with Gasteiger partial charge in [0.05, 0.1) is 4.92 Å². The lowest BCUT2D eigenvalue weighted by Gasteiger charge is -2.01. The van der Waals surface area contributed by atoms with E-state index < -0.39 is 4.92 Å². The van der Waals surface area contributed by atoms with E-state index in [9.17, 15) is 10.1 Å². The molecule has 3 nitrogen and oxygen atoms in total. The molecule has 0 atom stereocenters. The molecule has 0 bridgehead atoms. The van der Waals surface area contributed by atoms with Gasteiger partial charge >= 0.3 is 0 Å². The van der Waals surface area contributed by atoms with Crippen molar-refractivity contribution in [1.29, 1.82) is 0 Å². The first kappa shape index (κ1) is 13.9. The molecule has 3 heteroatoms. The summed E-state index contributed by atoms with van der Waals surface area (Å²) in [5, 5.41) is 10.0. The molecule has 2 rings (SSSR count). The van der Waals surface area contributed by atoms with Gasteiger partial charge in [0.1, 0.15) is 0 Å². The Bertz CT molecular complexity index is 466. The highest BCUT2D eigenvalue weighted by Crippen LogP contribution is 2.11. The first-order chi connectivity index (χ1) is 8.61. The van der Waals surface area contributed by atoms with Crippen LogP contribution in [0, 0.1) is 10.1 Å². The van der Waals surface area contributed by atoms with Crippen molar-refractivity contribution in [2.75, 3.05) is 0 Å². The van der Waals surface area contributed by atoms with Gasteiger partial charge in [0.2, 0.25) is 0 Å². The number of nitro benzene ring substituents is 1. The van der Waals surface area contributed by atoms with E-state index >= 15 is 0 Å². The third-order valence-electron chi connectivity index (χ3n) is 2.43. The molecule has 0 aliphatic carbocycles. The van der Waals surface area contributed by atoms with Crippen LogP contribution in [-0.2, 0) is 0 Å². The topological polar surface area (TPSA) is 43.1 Å². The molecule has 2 aromatic carbocycles. The molecule has 0 saturated carbocycles. The van der Waals surface area contributed by atoms with E-state index in [4.69, 9.17) is 0 Å². The zero-order valence-corrected chi connectivity index (χ0v) is 10.6. The van der Waals surface area contributed by atoms with Crippen LogP contribution in [0.4, 0.5) is 5.69 Å². The van der Waals surface area contributed by atoms with Crippen LogP contribution >= 0.6 is 0 Å². The zero-order valence-electron chi connectivity index (χ0n) is 10.6. The Kier molecular flexibility index (Phi) is 5.58. The Balaban J connectivity index is 0.000000180.